The number of sulfonamides is 1. The highest BCUT2D eigenvalue weighted by Gasteiger charge is 2.26. The number of aryl methyl sites for hydroxylation is 1. The molecular formula is C28H31N3O6S. The monoisotopic (exact) mass is 537 g/mol. The molecule has 0 spiro atoms. The highest BCUT2D eigenvalue weighted by Crippen LogP contribution is 2.15. The Labute approximate surface area is 222 Å². The molecule has 0 aliphatic carbocycles. The molecule has 9 nitrogen and oxygen atoms in total. The average Bonchev–Trinajstić information content (AvgIpc) is 2.89. The van der Waals surface area contributed by atoms with Crippen molar-refractivity contribution in [1.29, 1.82) is 0 Å². The molecule has 3 aromatic rings. The normalized spacial score (nSPS) is 11.6. The van der Waals surface area contributed by atoms with Crippen LogP contribution in [0.15, 0.2) is 90.1 Å². The minimum absolute atomic E-state index is 0.206. The zero-order valence-electron chi connectivity index (χ0n) is 21.2. The van der Waals surface area contributed by atoms with Crippen LogP contribution in [0.3, 0.4) is 0 Å². The number of hydrogen-bond acceptors (Lipinski definition) is 6. The Kier molecular flexibility index (Phi) is 11.9. The quantitative estimate of drug-likeness (QED) is 0.352. The van der Waals surface area contributed by atoms with E-state index in [4.69, 9.17) is 5.11 Å². The van der Waals surface area contributed by atoms with Crippen LogP contribution in [0.25, 0.3) is 6.08 Å². The molecule has 0 saturated carbocycles. The molecule has 3 rings (SSSR count). The SMILES string of the molecule is CCCC(CC(=O)O)C(=O)NS(=O)(=O)c1ccc(C(=O)NC=Cc2ccccc2)cc1.Cc1ccccn1. The van der Waals surface area contributed by atoms with Crippen molar-refractivity contribution in [3.05, 3.63) is 102 Å². The van der Waals surface area contributed by atoms with Crippen molar-refractivity contribution in [2.45, 2.75) is 38.0 Å². The summed E-state index contributed by atoms with van der Waals surface area (Å²) in [6.07, 6.45) is 5.33. The molecule has 200 valence electrons. The predicted molar refractivity (Wildman–Crippen MR) is 144 cm³/mol. The van der Waals surface area contributed by atoms with Gasteiger partial charge in [0.15, 0.2) is 0 Å². The molecule has 0 saturated heterocycles. The lowest BCUT2D eigenvalue weighted by molar-refractivity contribution is -0.140. The summed E-state index contributed by atoms with van der Waals surface area (Å²) in [5, 5.41) is 11.5. The van der Waals surface area contributed by atoms with E-state index in [1.807, 2.05) is 60.2 Å². The maximum absolute atomic E-state index is 12.5. The molecule has 1 atom stereocenters. The van der Waals surface area contributed by atoms with Crippen LogP contribution >= 0.6 is 0 Å². The van der Waals surface area contributed by atoms with Gasteiger partial charge in [-0.2, -0.15) is 0 Å². The summed E-state index contributed by atoms with van der Waals surface area (Å²) in [6.45, 7) is 3.75. The first-order chi connectivity index (χ1) is 18.1. The fraction of sp³-hybridized carbons (Fsp3) is 0.214. The van der Waals surface area contributed by atoms with Gasteiger partial charge in [0.05, 0.1) is 11.3 Å². The summed E-state index contributed by atoms with van der Waals surface area (Å²) >= 11 is 0. The molecule has 0 radical (unpaired) electrons. The first-order valence-electron chi connectivity index (χ1n) is 11.9. The number of nitrogens with one attached hydrogen (secondary N) is 2. The summed E-state index contributed by atoms with van der Waals surface area (Å²) in [4.78, 5) is 39.1. The van der Waals surface area contributed by atoms with Gasteiger partial charge in [-0.1, -0.05) is 49.7 Å². The average molecular weight is 538 g/mol. The number of rotatable bonds is 10. The third kappa shape index (κ3) is 10.4. The Bertz CT molecular complexity index is 1330. The third-order valence-corrected chi connectivity index (χ3v) is 6.56. The second-order valence-electron chi connectivity index (χ2n) is 8.27. The van der Waals surface area contributed by atoms with E-state index < -0.39 is 40.1 Å². The summed E-state index contributed by atoms with van der Waals surface area (Å²) in [5.41, 5.74) is 2.21. The molecule has 3 N–H and O–H groups in total. The molecule has 10 heteroatoms. The van der Waals surface area contributed by atoms with Gasteiger partial charge in [-0.3, -0.25) is 19.4 Å². The van der Waals surface area contributed by atoms with E-state index in [9.17, 15) is 22.8 Å². The number of aliphatic carboxylic acids is 1. The number of pyridine rings is 1. The van der Waals surface area contributed by atoms with E-state index in [1.54, 1.807) is 19.2 Å². The molecule has 0 fully saturated rings. The molecule has 1 heterocycles. The minimum Gasteiger partial charge on any atom is -0.481 e. The molecular weight excluding hydrogens is 506 g/mol. The predicted octanol–water partition coefficient (Wildman–Crippen LogP) is 4.17. The van der Waals surface area contributed by atoms with Crippen molar-refractivity contribution in [3.8, 4) is 0 Å². The van der Waals surface area contributed by atoms with Crippen LogP contribution in [0.1, 0.15) is 47.8 Å². The zero-order chi connectivity index (χ0) is 28.0. The highest BCUT2D eigenvalue weighted by atomic mass is 32.2. The van der Waals surface area contributed by atoms with Gasteiger partial charge in [0.25, 0.3) is 15.9 Å². The van der Waals surface area contributed by atoms with Gasteiger partial charge in [0, 0.05) is 29.6 Å². The minimum atomic E-state index is -4.19. The van der Waals surface area contributed by atoms with Crippen molar-refractivity contribution >= 4 is 33.9 Å². The van der Waals surface area contributed by atoms with E-state index in [0.29, 0.717) is 6.42 Å². The molecule has 1 unspecified atom stereocenters. The Balaban J connectivity index is 0.000000624. The summed E-state index contributed by atoms with van der Waals surface area (Å²) in [5.74, 6) is -3.41. The van der Waals surface area contributed by atoms with Crippen molar-refractivity contribution in [2.75, 3.05) is 0 Å². The second-order valence-corrected chi connectivity index (χ2v) is 9.95. The largest absolute Gasteiger partial charge is 0.481 e. The highest BCUT2D eigenvalue weighted by molar-refractivity contribution is 7.90. The van der Waals surface area contributed by atoms with Crippen LogP contribution < -0.4 is 10.0 Å². The van der Waals surface area contributed by atoms with E-state index in [2.05, 4.69) is 10.3 Å². The van der Waals surface area contributed by atoms with Crippen LogP contribution in [0.4, 0.5) is 0 Å². The summed E-state index contributed by atoms with van der Waals surface area (Å²) in [7, 11) is -4.19. The molecule has 0 aliphatic heterocycles. The third-order valence-electron chi connectivity index (χ3n) is 5.19. The molecule has 2 aromatic carbocycles. The lowest BCUT2D eigenvalue weighted by Gasteiger charge is -2.14. The first-order valence-corrected chi connectivity index (χ1v) is 13.4. The number of carbonyl (C=O) groups excluding carboxylic acids is 2. The van der Waals surface area contributed by atoms with Gasteiger partial charge in [-0.25, -0.2) is 13.1 Å². The number of amides is 2. The number of carboxylic acid groups (broad SMARTS) is 1. The van der Waals surface area contributed by atoms with Crippen molar-refractivity contribution in [3.63, 3.8) is 0 Å². The maximum Gasteiger partial charge on any atom is 0.304 e. The van der Waals surface area contributed by atoms with E-state index in [-0.39, 0.29) is 16.9 Å². The number of nitrogens with zero attached hydrogens (tertiary/aromatic N) is 1. The van der Waals surface area contributed by atoms with E-state index in [0.717, 1.165) is 11.3 Å². The Hall–Kier alpha value is -4.31. The first kappa shape index (κ1) is 29.9. The van der Waals surface area contributed by atoms with Gasteiger partial charge in [0.1, 0.15) is 0 Å². The fourth-order valence-electron chi connectivity index (χ4n) is 3.25. The van der Waals surface area contributed by atoms with Gasteiger partial charge in [-0.05, 0) is 61.4 Å². The smallest absolute Gasteiger partial charge is 0.304 e. The van der Waals surface area contributed by atoms with Crippen LogP contribution in [0, 0.1) is 12.8 Å². The van der Waals surface area contributed by atoms with Gasteiger partial charge < -0.3 is 10.4 Å². The maximum atomic E-state index is 12.5. The lowest BCUT2D eigenvalue weighted by atomic mass is 9.99. The molecule has 2 amide bonds. The Morgan fingerprint density at radius 3 is 2.16 bits per heavy atom. The summed E-state index contributed by atoms with van der Waals surface area (Å²) in [6, 6.07) is 20.3. The van der Waals surface area contributed by atoms with Crippen LogP contribution in [0.2, 0.25) is 0 Å². The number of carbonyl (C=O) groups is 3. The Morgan fingerprint density at radius 1 is 0.974 bits per heavy atom. The van der Waals surface area contributed by atoms with Crippen molar-refractivity contribution in [2.24, 2.45) is 5.92 Å². The molecule has 0 aliphatic rings. The molecule has 38 heavy (non-hydrogen) atoms. The van der Waals surface area contributed by atoms with Gasteiger partial charge in [0.2, 0.25) is 5.91 Å². The van der Waals surface area contributed by atoms with Crippen molar-refractivity contribution in [1.82, 2.24) is 15.0 Å². The molecule has 0 bridgehead atoms. The topological polar surface area (TPSA) is 143 Å². The van der Waals surface area contributed by atoms with Gasteiger partial charge in [-0.15, -0.1) is 0 Å². The van der Waals surface area contributed by atoms with Crippen molar-refractivity contribution < 1.29 is 27.9 Å². The van der Waals surface area contributed by atoms with Crippen LogP contribution in [-0.4, -0.2) is 36.3 Å². The second kappa shape index (κ2) is 15.1. The number of hydrogen-bond donors (Lipinski definition) is 3. The van der Waals surface area contributed by atoms with E-state index >= 15 is 0 Å². The lowest BCUT2D eigenvalue weighted by Crippen LogP contribution is -2.36. The van der Waals surface area contributed by atoms with Crippen LogP contribution in [-0.2, 0) is 19.6 Å². The Morgan fingerprint density at radius 2 is 1.63 bits per heavy atom. The zero-order valence-corrected chi connectivity index (χ0v) is 22.0. The standard InChI is InChI=1S/C22H24N2O6S.C6H7N/c1-2-6-18(15-20(25)26)22(28)24-31(29,30)19-11-9-17(10-12-19)21(27)23-14-13-16-7-4-3-5-8-16;1-6-4-2-3-5-7-6/h3-5,7-14,18H,2,6,15H2,1H3,(H,23,27)(H,24,28)(H,25,26);2-5H,1H3. The van der Waals surface area contributed by atoms with Crippen LogP contribution in [0.5, 0.6) is 0 Å². The number of aromatic nitrogens is 1. The van der Waals surface area contributed by atoms with E-state index in [1.165, 1.54) is 30.5 Å². The van der Waals surface area contributed by atoms with Gasteiger partial charge >= 0.3 is 5.97 Å². The summed E-state index contributed by atoms with van der Waals surface area (Å²) < 4.78 is 26.8. The molecule has 1 aromatic heterocycles. The number of benzene rings is 2. The fourth-order valence-corrected chi connectivity index (χ4v) is 4.30. The number of carboxylic acids is 1.